The number of amides is 4. The van der Waals surface area contributed by atoms with Gasteiger partial charge in [-0.25, -0.2) is 22.7 Å². The van der Waals surface area contributed by atoms with E-state index in [-0.39, 0.29) is 23.7 Å². The first-order chi connectivity index (χ1) is 15.4. The van der Waals surface area contributed by atoms with Crippen LogP contribution in [0.25, 0.3) is 0 Å². The topological polar surface area (TPSA) is 169 Å². The molecule has 12 heteroatoms. The molecule has 0 saturated heterocycles. The Hall–Kier alpha value is -3.64. The van der Waals surface area contributed by atoms with Crippen LogP contribution in [0.15, 0.2) is 53.4 Å². The first kappa shape index (κ1) is 25.6. The minimum atomic E-state index is -3.88. The highest BCUT2D eigenvalue weighted by Gasteiger charge is 2.17. The molecule has 0 aliphatic carbocycles. The smallest absolute Gasteiger partial charge is 0.407 e. The van der Waals surface area contributed by atoms with Crippen LogP contribution in [0.2, 0.25) is 0 Å². The van der Waals surface area contributed by atoms with E-state index < -0.39 is 33.7 Å². The van der Waals surface area contributed by atoms with Crippen LogP contribution in [0, 0.1) is 0 Å². The maximum Gasteiger partial charge on any atom is 0.407 e. The van der Waals surface area contributed by atoms with Gasteiger partial charge in [-0.15, -0.1) is 0 Å². The maximum atomic E-state index is 12.5. The zero-order chi connectivity index (χ0) is 24.6. The number of urea groups is 1. The Kier molecular flexibility index (Phi) is 8.38. The number of hydrogen-bond acceptors (Lipinski definition) is 6. The lowest BCUT2D eigenvalue weighted by molar-refractivity contribution is 0.0528. The van der Waals surface area contributed by atoms with Gasteiger partial charge in [0.2, 0.25) is 10.0 Å². The van der Waals surface area contributed by atoms with Crippen LogP contribution in [0.4, 0.5) is 21.0 Å². The Morgan fingerprint density at radius 2 is 1.61 bits per heavy atom. The van der Waals surface area contributed by atoms with Crippen molar-refractivity contribution in [2.24, 2.45) is 5.73 Å². The van der Waals surface area contributed by atoms with Gasteiger partial charge in [0.15, 0.2) is 0 Å². The fraction of sp³-hybridized carbons (Fsp3) is 0.286. The summed E-state index contributed by atoms with van der Waals surface area (Å²) in [6.45, 7) is 5.14. The summed E-state index contributed by atoms with van der Waals surface area (Å²) >= 11 is 0. The zero-order valence-corrected chi connectivity index (χ0v) is 19.3. The van der Waals surface area contributed by atoms with E-state index in [1.807, 2.05) is 0 Å². The molecule has 0 aromatic heterocycles. The minimum Gasteiger partial charge on any atom is -0.444 e. The Balaban J connectivity index is 1.95. The lowest BCUT2D eigenvalue weighted by atomic mass is 10.2. The van der Waals surface area contributed by atoms with Crippen LogP contribution in [0.5, 0.6) is 0 Å². The Morgan fingerprint density at radius 3 is 2.21 bits per heavy atom. The molecule has 33 heavy (non-hydrogen) atoms. The number of anilines is 2. The van der Waals surface area contributed by atoms with Crippen molar-refractivity contribution in [3.63, 3.8) is 0 Å². The summed E-state index contributed by atoms with van der Waals surface area (Å²) in [4.78, 5) is 34.9. The van der Waals surface area contributed by atoms with Crippen molar-refractivity contribution in [1.82, 2.24) is 10.0 Å². The molecule has 2 aromatic rings. The number of nitrogens with two attached hydrogens (primary N) is 1. The quantitative estimate of drug-likeness (QED) is 0.365. The molecule has 6 N–H and O–H groups in total. The fourth-order valence-corrected chi connectivity index (χ4v) is 3.62. The van der Waals surface area contributed by atoms with Crippen LogP contribution in [-0.2, 0) is 14.8 Å². The molecular formula is C21H27N5O6S. The summed E-state index contributed by atoms with van der Waals surface area (Å²) in [7, 11) is -3.88. The highest BCUT2D eigenvalue weighted by Crippen LogP contribution is 2.17. The lowest BCUT2D eigenvalue weighted by Crippen LogP contribution is -2.37. The van der Waals surface area contributed by atoms with Gasteiger partial charge in [0.05, 0.1) is 4.90 Å². The van der Waals surface area contributed by atoms with E-state index in [0.717, 1.165) is 0 Å². The monoisotopic (exact) mass is 477 g/mol. The molecular weight excluding hydrogens is 450 g/mol. The fourth-order valence-electron chi connectivity index (χ4n) is 2.54. The second-order valence-corrected chi connectivity index (χ2v) is 9.64. The Labute approximate surface area is 192 Å². The third kappa shape index (κ3) is 8.79. The predicted octanol–water partition coefficient (Wildman–Crippen LogP) is 2.23. The molecule has 2 aromatic carbocycles. The van der Waals surface area contributed by atoms with Crippen molar-refractivity contribution in [1.29, 1.82) is 0 Å². The molecule has 4 amide bonds. The molecule has 0 fully saturated rings. The third-order valence-electron chi connectivity index (χ3n) is 3.90. The van der Waals surface area contributed by atoms with Gasteiger partial charge < -0.3 is 26.4 Å². The normalized spacial score (nSPS) is 11.4. The van der Waals surface area contributed by atoms with Crippen molar-refractivity contribution in [3.05, 3.63) is 54.1 Å². The van der Waals surface area contributed by atoms with Gasteiger partial charge in [0.1, 0.15) is 5.60 Å². The molecule has 178 valence electrons. The van der Waals surface area contributed by atoms with E-state index in [0.29, 0.717) is 11.3 Å². The molecule has 0 unspecified atom stereocenters. The molecule has 2 rings (SSSR count). The number of rotatable bonds is 8. The number of primary amides is 1. The SMILES string of the molecule is CC(C)(C)OC(=O)NCCNS(=O)(=O)c1cccc(NC(=O)c2ccc(NC(N)=O)cc2)c1. The minimum absolute atomic E-state index is 0.0329. The van der Waals surface area contributed by atoms with Gasteiger partial charge in [-0.3, -0.25) is 4.79 Å². The largest absolute Gasteiger partial charge is 0.444 e. The van der Waals surface area contributed by atoms with E-state index in [1.165, 1.54) is 42.5 Å². The maximum absolute atomic E-state index is 12.5. The van der Waals surface area contributed by atoms with Crippen molar-refractivity contribution in [2.45, 2.75) is 31.3 Å². The first-order valence-corrected chi connectivity index (χ1v) is 11.4. The first-order valence-electron chi connectivity index (χ1n) is 9.90. The highest BCUT2D eigenvalue weighted by atomic mass is 32.2. The van der Waals surface area contributed by atoms with E-state index in [2.05, 4.69) is 20.7 Å². The number of hydrogen-bond donors (Lipinski definition) is 5. The summed E-state index contributed by atoms with van der Waals surface area (Å²) in [5.74, 6) is -0.468. The summed E-state index contributed by atoms with van der Waals surface area (Å²) < 4.78 is 32.5. The average Bonchev–Trinajstić information content (AvgIpc) is 2.70. The summed E-state index contributed by atoms with van der Waals surface area (Å²) in [5, 5.41) is 7.46. The van der Waals surface area contributed by atoms with Crippen molar-refractivity contribution >= 4 is 39.4 Å². The van der Waals surface area contributed by atoms with Gasteiger partial charge in [0.25, 0.3) is 5.91 Å². The number of alkyl carbamates (subject to hydrolysis) is 1. The molecule has 0 aliphatic rings. The van der Waals surface area contributed by atoms with E-state index in [4.69, 9.17) is 10.5 Å². The molecule has 0 heterocycles. The van der Waals surface area contributed by atoms with E-state index in [9.17, 15) is 22.8 Å². The van der Waals surface area contributed by atoms with Gasteiger partial charge in [-0.05, 0) is 63.2 Å². The van der Waals surface area contributed by atoms with Crippen LogP contribution in [0.1, 0.15) is 31.1 Å². The number of carbonyl (C=O) groups is 3. The van der Waals surface area contributed by atoms with Crippen LogP contribution in [-0.4, -0.2) is 45.1 Å². The van der Waals surface area contributed by atoms with Crippen LogP contribution in [0.3, 0.4) is 0 Å². The van der Waals surface area contributed by atoms with Crippen molar-refractivity contribution in [3.8, 4) is 0 Å². The third-order valence-corrected chi connectivity index (χ3v) is 5.36. The predicted molar refractivity (Wildman–Crippen MR) is 123 cm³/mol. The van der Waals surface area contributed by atoms with Crippen molar-refractivity contribution in [2.75, 3.05) is 23.7 Å². The molecule has 0 aliphatic heterocycles. The van der Waals surface area contributed by atoms with Gasteiger partial charge in [-0.2, -0.15) is 0 Å². The Bertz CT molecular complexity index is 1110. The number of benzene rings is 2. The number of sulfonamides is 1. The number of carbonyl (C=O) groups excluding carboxylic acids is 3. The van der Waals surface area contributed by atoms with Gasteiger partial charge >= 0.3 is 12.1 Å². The van der Waals surface area contributed by atoms with Crippen molar-refractivity contribution < 1.29 is 27.5 Å². The van der Waals surface area contributed by atoms with Gasteiger partial charge in [0, 0.05) is 30.0 Å². The van der Waals surface area contributed by atoms with Crippen LogP contribution < -0.4 is 26.4 Å². The summed E-state index contributed by atoms with van der Waals surface area (Å²) in [5.41, 5.74) is 5.38. The van der Waals surface area contributed by atoms with Crippen LogP contribution >= 0.6 is 0 Å². The lowest BCUT2D eigenvalue weighted by Gasteiger charge is -2.19. The van der Waals surface area contributed by atoms with E-state index in [1.54, 1.807) is 26.8 Å². The second-order valence-electron chi connectivity index (χ2n) is 7.87. The standard InChI is InChI=1S/C21H27N5O6S/c1-21(2,3)32-20(29)23-11-12-24-33(30,31)17-6-4-5-16(13-17)25-18(27)14-7-9-15(10-8-14)26-19(22)28/h4-10,13,24H,11-12H2,1-3H3,(H,23,29)(H,25,27)(H3,22,26,28). The molecule has 0 spiro atoms. The molecule has 0 saturated carbocycles. The molecule has 0 bridgehead atoms. The second kappa shape index (κ2) is 10.8. The summed E-state index contributed by atoms with van der Waals surface area (Å²) in [6.07, 6.45) is -0.648. The molecule has 11 nitrogen and oxygen atoms in total. The highest BCUT2D eigenvalue weighted by molar-refractivity contribution is 7.89. The zero-order valence-electron chi connectivity index (χ0n) is 18.5. The van der Waals surface area contributed by atoms with E-state index >= 15 is 0 Å². The average molecular weight is 478 g/mol. The number of ether oxygens (including phenoxy) is 1. The molecule has 0 atom stereocenters. The molecule has 0 radical (unpaired) electrons. The Morgan fingerprint density at radius 1 is 0.939 bits per heavy atom. The van der Waals surface area contributed by atoms with Gasteiger partial charge in [-0.1, -0.05) is 6.07 Å². The summed E-state index contributed by atoms with van der Waals surface area (Å²) in [6, 6.07) is 11.0. The number of nitrogens with one attached hydrogen (secondary N) is 4.